The first-order chi connectivity index (χ1) is 16.2. The van der Waals surface area contributed by atoms with E-state index in [-0.39, 0.29) is 29.9 Å². The van der Waals surface area contributed by atoms with E-state index in [9.17, 15) is 5.11 Å². The predicted octanol–water partition coefficient (Wildman–Crippen LogP) is 2.98. The average molecular weight is 482 g/mol. The summed E-state index contributed by atoms with van der Waals surface area (Å²) in [6.45, 7) is 5.54. The van der Waals surface area contributed by atoms with Gasteiger partial charge in [-0.2, -0.15) is 4.39 Å². The lowest BCUT2D eigenvalue weighted by molar-refractivity contribution is 0.168. The van der Waals surface area contributed by atoms with Gasteiger partial charge in [-0.1, -0.05) is 24.6 Å². The summed E-state index contributed by atoms with van der Waals surface area (Å²) >= 11 is 1.29. The van der Waals surface area contributed by atoms with Crippen LogP contribution >= 0.6 is 11.8 Å². The third kappa shape index (κ3) is 4.22. The van der Waals surface area contributed by atoms with Gasteiger partial charge in [0, 0.05) is 22.4 Å². The summed E-state index contributed by atoms with van der Waals surface area (Å²) in [5.41, 5.74) is 6.80. The number of anilines is 2. The van der Waals surface area contributed by atoms with Crippen LogP contribution in [0.25, 0.3) is 11.0 Å². The maximum absolute atomic E-state index is 15.0. The molecule has 1 aliphatic heterocycles. The minimum absolute atomic E-state index is 0.0818. The highest BCUT2D eigenvalue weighted by molar-refractivity contribution is 8.15. The molecule has 9 nitrogen and oxygen atoms in total. The normalized spacial score (nSPS) is 24.4. The second-order valence-electron chi connectivity index (χ2n) is 8.31. The number of aliphatic hydroxyl groups excluding tert-OH is 1. The SMILES string of the molecule is C#CCOc1cnc2c(Nc3cnc(F)c([C@@]4(C)N=C(N)S[C@](C)(CO)[C@H]4C)c3)nccc2n1. The van der Waals surface area contributed by atoms with Gasteiger partial charge in [0.1, 0.15) is 5.52 Å². The van der Waals surface area contributed by atoms with Gasteiger partial charge in [0.25, 0.3) is 0 Å². The highest BCUT2D eigenvalue weighted by Gasteiger charge is 2.50. The van der Waals surface area contributed by atoms with Gasteiger partial charge < -0.3 is 20.9 Å². The fraction of sp³-hybridized carbons (Fsp3) is 0.348. The van der Waals surface area contributed by atoms with Crippen LogP contribution in [0.4, 0.5) is 15.9 Å². The van der Waals surface area contributed by atoms with E-state index < -0.39 is 16.2 Å². The fourth-order valence-electron chi connectivity index (χ4n) is 3.95. The van der Waals surface area contributed by atoms with Gasteiger partial charge in [0.2, 0.25) is 11.8 Å². The molecule has 4 heterocycles. The number of aliphatic imine (C=N–C) groups is 1. The molecule has 0 radical (unpaired) electrons. The molecule has 0 spiro atoms. The van der Waals surface area contributed by atoms with Crippen LogP contribution in [0.2, 0.25) is 0 Å². The smallest absolute Gasteiger partial charge is 0.233 e. The maximum atomic E-state index is 15.0. The first-order valence-corrected chi connectivity index (χ1v) is 11.3. The maximum Gasteiger partial charge on any atom is 0.233 e. The summed E-state index contributed by atoms with van der Waals surface area (Å²) in [6, 6.07) is 3.32. The van der Waals surface area contributed by atoms with Crippen molar-refractivity contribution >= 4 is 39.5 Å². The van der Waals surface area contributed by atoms with Crippen molar-refractivity contribution < 1.29 is 14.2 Å². The van der Waals surface area contributed by atoms with E-state index >= 15 is 4.39 Å². The molecule has 3 atom stereocenters. The lowest BCUT2D eigenvalue weighted by Gasteiger charge is -2.46. The largest absolute Gasteiger partial charge is 0.463 e. The van der Waals surface area contributed by atoms with E-state index in [1.54, 1.807) is 25.3 Å². The molecule has 34 heavy (non-hydrogen) atoms. The van der Waals surface area contributed by atoms with Crippen molar-refractivity contribution in [3.8, 4) is 18.2 Å². The molecule has 4 rings (SSSR count). The molecule has 3 aromatic rings. The van der Waals surface area contributed by atoms with Crippen molar-refractivity contribution in [3.05, 3.63) is 42.2 Å². The first kappa shape index (κ1) is 23.7. The van der Waals surface area contributed by atoms with Gasteiger partial charge in [0.15, 0.2) is 17.6 Å². The molecule has 0 saturated carbocycles. The highest BCUT2D eigenvalue weighted by atomic mass is 32.2. The number of rotatable bonds is 6. The molecule has 11 heteroatoms. The van der Waals surface area contributed by atoms with Crippen LogP contribution in [0.5, 0.6) is 5.88 Å². The number of ether oxygens (including phenoxy) is 1. The fourth-order valence-corrected chi connectivity index (χ4v) is 5.13. The Bertz CT molecular complexity index is 1310. The standard InChI is InChI=1S/C23H24FN7O2S/c1-5-8-33-17-11-27-18-16(30-17)6-7-26-20(18)29-14-9-15(19(24)28-10-14)23(4)13(2)22(3,12-32)34-21(25)31-23/h1,6-7,9-11,13,32H,8,12H2,2-4H3,(H2,25,31)(H,26,29)/t13-,22-,23+/m1/s1. The minimum atomic E-state index is -1.04. The zero-order valence-corrected chi connectivity index (χ0v) is 19.7. The molecule has 0 aromatic carbocycles. The van der Waals surface area contributed by atoms with Crippen LogP contribution in [0, 0.1) is 24.2 Å². The number of thioether (sulfide) groups is 1. The summed E-state index contributed by atoms with van der Waals surface area (Å²) in [4.78, 5) is 21.6. The summed E-state index contributed by atoms with van der Waals surface area (Å²) < 4.78 is 19.7. The van der Waals surface area contributed by atoms with E-state index in [2.05, 4.69) is 36.2 Å². The zero-order valence-electron chi connectivity index (χ0n) is 18.9. The molecular weight excluding hydrogens is 457 g/mol. The second-order valence-corrected chi connectivity index (χ2v) is 9.86. The molecular formula is C23H24FN7O2S. The lowest BCUT2D eigenvalue weighted by atomic mass is 9.74. The summed E-state index contributed by atoms with van der Waals surface area (Å²) in [7, 11) is 0. The molecule has 0 bridgehead atoms. The average Bonchev–Trinajstić information content (AvgIpc) is 2.82. The third-order valence-electron chi connectivity index (χ3n) is 6.14. The van der Waals surface area contributed by atoms with Crippen LogP contribution in [0.1, 0.15) is 26.3 Å². The van der Waals surface area contributed by atoms with Crippen molar-refractivity contribution in [1.29, 1.82) is 0 Å². The lowest BCUT2D eigenvalue weighted by Crippen LogP contribution is -2.50. The number of nitrogens with two attached hydrogens (primary N) is 1. The van der Waals surface area contributed by atoms with Gasteiger partial charge >= 0.3 is 0 Å². The van der Waals surface area contributed by atoms with Crippen molar-refractivity contribution in [2.24, 2.45) is 16.6 Å². The van der Waals surface area contributed by atoms with E-state index in [1.165, 1.54) is 24.2 Å². The van der Waals surface area contributed by atoms with Crippen molar-refractivity contribution in [1.82, 2.24) is 19.9 Å². The second kappa shape index (κ2) is 9.04. The Morgan fingerprint density at radius 1 is 1.32 bits per heavy atom. The Morgan fingerprint density at radius 3 is 2.85 bits per heavy atom. The van der Waals surface area contributed by atoms with Crippen LogP contribution in [-0.2, 0) is 5.54 Å². The third-order valence-corrected chi connectivity index (χ3v) is 7.39. The van der Waals surface area contributed by atoms with Crippen molar-refractivity contribution in [2.45, 2.75) is 31.1 Å². The quantitative estimate of drug-likeness (QED) is 0.359. The van der Waals surface area contributed by atoms with E-state index in [0.29, 0.717) is 28.4 Å². The molecule has 176 valence electrons. The van der Waals surface area contributed by atoms with E-state index in [4.69, 9.17) is 16.9 Å². The molecule has 0 aliphatic carbocycles. The Balaban J connectivity index is 1.72. The number of halogens is 1. The highest BCUT2D eigenvalue weighted by Crippen LogP contribution is 2.50. The first-order valence-electron chi connectivity index (χ1n) is 10.5. The van der Waals surface area contributed by atoms with Crippen LogP contribution < -0.4 is 15.8 Å². The number of nitrogens with zero attached hydrogens (tertiary/aromatic N) is 5. The molecule has 4 N–H and O–H groups in total. The van der Waals surface area contributed by atoms with E-state index in [1.807, 2.05) is 13.8 Å². The van der Waals surface area contributed by atoms with Crippen LogP contribution in [-0.4, -0.2) is 48.2 Å². The summed E-state index contributed by atoms with van der Waals surface area (Å²) in [5, 5.41) is 13.4. The molecule has 0 fully saturated rings. The number of amidine groups is 1. The number of hydrogen-bond donors (Lipinski definition) is 3. The van der Waals surface area contributed by atoms with Crippen LogP contribution in [0.15, 0.2) is 35.7 Å². The molecule has 0 saturated heterocycles. The minimum Gasteiger partial charge on any atom is -0.463 e. The van der Waals surface area contributed by atoms with Crippen LogP contribution in [0.3, 0.4) is 0 Å². The number of aliphatic hydroxyl groups is 1. The molecule has 1 aliphatic rings. The van der Waals surface area contributed by atoms with Crippen molar-refractivity contribution in [3.63, 3.8) is 0 Å². The van der Waals surface area contributed by atoms with Gasteiger partial charge in [-0.3, -0.25) is 4.99 Å². The number of hydrogen-bond acceptors (Lipinski definition) is 10. The van der Waals surface area contributed by atoms with Gasteiger partial charge in [-0.05, 0) is 26.0 Å². The summed E-state index contributed by atoms with van der Waals surface area (Å²) in [5.74, 6) is 2.17. The predicted molar refractivity (Wildman–Crippen MR) is 130 cm³/mol. The zero-order chi connectivity index (χ0) is 24.5. The van der Waals surface area contributed by atoms with Gasteiger partial charge in [0.05, 0.1) is 35.7 Å². The van der Waals surface area contributed by atoms with Gasteiger partial charge in [-0.25, -0.2) is 19.9 Å². The number of fused-ring (bicyclic) bond motifs is 1. The van der Waals surface area contributed by atoms with Gasteiger partial charge in [-0.15, -0.1) is 6.42 Å². The topological polar surface area (TPSA) is 131 Å². The Kier molecular flexibility index (Phi) is 6.29. The summed E-state index contributed by atoms with van der Waals surface area (Å²) in [6.07, 6.45) is 9.61. The number of pyridine rings is 2. The Morgan fingerprint density at radius 2 is 2.12 bits per heavy atom. The monoisotopic (exact) mass is 481 g/mol. The molecule has 0 amide bonds. The Hall–Kier alpha value is -3.49. The van der Waals surface area contributed by atoms with E-state index in [0.717, 1.165) is 0 Å². The molecule has 0 unspecified atom stereocenters. The number of terminal acetylenes is 1. The number of nitrogens with one attached hydrogen (secondary N) is 1. The molecule has 3 aromatic heterocycles. The Labute approximate surface area is 200 Å². The van der Waals surface area contributed by atoms with Crippen molar-refractivity contribution in [2.75, 3.05) is 18.5 Å². The number of aromatic nitrogens is 4.